The first kappa shape index (κ1) is 16.1. The molecule has 3 aromatic rings. The van der Waals surface area contributed by atoms with E-state index in [9.17, 15) is 9.18 Å². The summed E-state index contributed by atoms with van der Waals surface area (Å²) in [4.78, 5) is 17.2. The van der Waals surface area contributed by atoms with Crippen LogP contribution in [0.15, 0.2) is 60.8 Å². The van der Waals surface area contributed by atoms with Crippen LogP contribution >= 0.6 is 12.2 Å². The number of nitrogens with zero attached hydrogens (tertiary/aromatic N) is 2. The van der Waals surface area contributed by atoms with Crippen LogP contribution in [-0.2, 0) is 6.54 Å². The van der Waals surface area contributed by atoms with Gasteiger partial charge in [0.05, 0.1) is 0 Å². The number of hydrogen-bond donors (Lipinski definition) is 1. The van der Waals surface area contributed by atoms with Crippen molar-refractivity contribution in [2.75, 3.05) is 7.05 Å². The van der Waals surface area contributed by atoms with E-state index in [0.29, 0.717) is 16.0 Å². The standard InChI is InChI=1S/C18H16FN3OS/c1-21(12-13-7-5-6-10-15(13)19)17(23)16-11-20-18(24)22(16)14-8-3-2-4-9-14/h2-11H,12H2,1H3,(H,20,24). The van der Waals surface area contributed by atoms with Gasteiger partial charge < -0.3 is 9.88 Å². The Morgan fingerprint density at radius 2 is 1.83 bits per heavy atom. The van der Waals surface area contributed by atoms with Gasteiger partial charge in [0.1, 0.15) is 11.5 Å². The Morgan fingerprint density at radius 3 is 2.54 bits per heavy atom. The molecular formula is C18H16FN3OS. The van der Waals surface area contributed by atoms with Gasteiger partial charge >= 0.3 is 0 Å². The second-order valence-corrected chi connectivity index (χ2v) is 5.79. The number of imidazole rings is 1. The second kappa shape index (κ2) is 6.80. The maximum atomic E-state index is 13.8. The molecule has 0 aliphatic heterocycles. The fraction of sp³-hybridized carbons (Fsp3) is 0.111. The molecule has 0 aliphatic carbocycles. The highest BCUT2D eigenvalue weighted by Gasteiger charge is 2.19. The number of H-pyrrole nitrogens is 1. The van der Waals surface area contributed by atoms with Crippen LogP contribution in [0.3, 0.4) is 0 Å². The average molecular weight is 341 g/mol. The van der Waals surface area contributed by atoms with Gasteiger partial charge in [0.2, 0.25) is 0 Å². The SMILES string of the molecule is CN(Cc1ccccc1F)C(=O)c1c[nH]c(=S)n1-c1ccccc1. The number of nitrogens with one attached hydrogen (secondary N) is 1. The Labute approximate surface area is 144 Å². The summed E-state index contributed by atoms with van der Waals surface area (Å²) in [7, 11) is 1.64. The summed E-state index contributed by atoms with van der Waals surface area (Å²) in [5.74, 6) is -0.569. The van der Waals surface area contributed by atoms with E-state index >= 15 is 0 Å². The van der Waals surface area contributed by atoms with Crippen LogP contribution in [0.5, 0.6) is 0 Å². The minimum Gasteiger partial charge on any atom is -0.336 e. The van der Waals surface area contributed by atoms with E-state index in [1.54, 1.807) is 36.0 Å². The predicted molar refractivity (Wildman–Crippen MR) is 93.2 cm³/mol. The summed E-state index contributed by atoms with van der Waals surface area (Å²) in [6, 6.07) is 15.8. The van der Waals surface area contributed by atoms with Crippen LogP contribution < -0.4 is 0 Å². The lowest BCUT2D eigenvalue weighted by Gasteiger charge is -2.18. The molecule has 0 saturated heterocycles. The maximum Gasteiger partial charge on any atom is 0.272 e. The molecule has 122 valence electrons. The Hall–Kier alpha value is -2.73. The fourth-order valence-corrected chi connectivity index (χ4v) is 2.77. The molecule has 0 radical (unpaired) electrons. The molecule has 24 heavy (non-hydrogen) atoms. The van der Waals surface area contributed by atoms with E-state index in [2.05, 4.69) is 4.98 Å². The fourth-order valence-electron chi connectivity index (χ4n) is 2.51. The lowest BCUT2D eigenvalue weighted by molar-refractivity contribution is 0.0776. The van der Waals surface area contributed by atoms with E-state index in [1.807, 2.05) is 30.3 Å². The average Bonchev–Trinajstić information content (AvgIpc) is 2.98. The van der Waals surface area contributed by atoms with Gasteiger partial charge in [-0.15, -0.1) is 0 Å². The zero-order valence-electron chi connectivity index (χ0n) is 13.1. The summed E-state index contributed by atoms with van der Waals surface area (Å²) in [5, 5.41) is 0. The van der Waals surface area contributed by atoms with Crippen molar-refractivity contribution in [3.05, 3.63) is 82.6 Å². The number of hydrogen-bond acceptors (Lipinski definition) is 2. The number of amides is 1. The normalized spacial score (nSPS) is 10.6. The maximum absolute atomic E-state index is 13.8. The number of benzene rings is 2. The van der Waals surface area contributed by atoms with Crippen molar-refractivity contribution in [3.8, 4) is 5.69 Å². The lowest BCUT2D eigenvalue weighted by Crippen LogP contribution is -2.28. The van der Waals surface area contributed by atoms with Gasteiger partial charge in [0.15, 0.2) is 4.77 Å². The van der Waals surface area contributed by atoms with Crippen molar-refractivity contribution >= 4 is 18.1 Å². The van der Waals surface area contributed by atoms with Crippen LogP contribution in [0.4, 0.5) is 4.39 Å². The number of carbonyl (C=O) groups excluding carboxylic acids is 1. The van der Waals surface area contributed by atoms with Gasteiger partial charge in [-0.2, -0.15) is 0 Å². The first-order valence-corrected chi connectivity index (χ1v) is 7.83. The summed E-state index contributed by atoms with van der Waals surface area (Å²) in [6.07, 6.45) is 1.58. The van der Waals surface area contributed by atoms with Gasteiger partial charge in [-0.05, 0) is 30.4 Å². The number of halogens is 1. The molecule has 0 aliphatic rings. The highest BCUT2D eigenvalue weighted by molar-refractivity contribution is 7.71. The summed E-state index contributed by atoms with van der Waals surface area (Å²) >= 11 is 5.29. The van der Waals surface area contributed by atoms with E-state index in [-0.39, 0.29) is 18.3 Å². The summed E-state index contributed by atoms with van der Waals surface area (Å²) in [5.41, 5.74) is 1.67. The zero-order chi connectivity index (χ0) is 17.1. The quantitative estimate of drug-likeness (QED) is 0.730. The monoisotopic (exact) mass is 341 g/mol. The number of rotatable bonds is 4. The highest BCUT2D eigenvalue weighted by atomic mass is 32.1. The van der Waals surface area contributed by atoms with Crippen molar-refractivity contribution < 1.29 is 9.18 Å². The molecule has 6 heteroatoms. The molecule has 2 aromatic carbocycles. The largest absolute Gasteiger partial charge is 0.336 e. The minimum atomic E-state index is -0.328. The smallest absolute Gasteiger partial charge is 0.272 e. The predicted octanol–water partition coefficient (Wildman–Crippen LogP) is 3.95. The molecule has 0 atom stereocenters. The van der Waals surface area contributed by atoms with Crippen LogP contribution in [0.1, 0.15) is 16.1 Å². The van der Waals surface area contributed by atoms with E-state index in [0.717, 1.165) is 5.69 Å². The summed E-state index contributed by atoms with van der Waals surface area (Å²) < 4.78 is 15.9. The molecule has 3 rings (SSSR count). The van der Waals surface area contributed by atoms with Crippen LogP contribution in [0, 0.1) is 10.6 Å². The molecule has 1 aromatic heterocycles. The molecule has 0 unspecified atom stereocenters. The van der Waals surface area contributed by atoms with Gasteiger partial charge in [-0.3, -0.25) is 9.36 Å². The molecule has 1 N–H and O–H groups in total. The van der Waals surface area contributed by atoms with Crippen molar-refractivity contribution in [3.63, 3.8) is 0 Å². The van der Waals surface area contributed by atoms with Crippen molar-refractivity contribution in [1.82, 2.24) is 14.5 Å². The topological polar surface area (TPSA) is 41.0 Å². The van der Waals surface area contributed by atoms with Crippen LogP contribution in [-0.4, -0.2) is 27.4 Å². The Balaban J connectivity index is 1.91. The van der Waals surface area contributed by atoms with Gasteiger partial charge in [-0.1, -0.05) is 36.4 Å². The molecule has 0 saturated carbocycles. The van der Waals surface area contributed by atoms with Crippen LogP contribution in [0.2, 0.25) is 0 Å². The third kappa shape index (κ3) is 3.14. The highest BCUT2D eigenvalue weighted by Crippen LogP contribution is 2.16. The third-order valence-corrected chi connectivity index (χ3v) is 4.02. The number of aromatic amines is 1. The number of aromatic nitrogens is 2. The Morgan fingerprint density at radius 1 is 1.17 bits per heavy atom. The third-order valence-electron chi connectivity index (χ3n) is 3.72. The molecular weight excluding hydrogens is 325 g/mol. The van der Waals surface area contributed by atoms with E-state index in [1.165, 1.54) is 11.0 Å². The van der Waals surface area contributed by atoms with Crippen LogP contribution in [0.25, 0.3) is 5.69 Å². The van der Waals surface area contributed by atoms with Gasteiger partial charge in [0, 0.05) is 31.0 Å². The molecule has 0 spiro atoms. The number of para-hydroxylation sites is 1. The summed E-state index contributed by atoms with van der Waals surface area (Å²) in [6.45, 7) is 0.179. The van der Waals surface area contributed by atoms with Gasteiger partial charge in [-0.25, -0.2) is 4.39 Å². The first-order chi connectivity index (χ1) is 11.6. The van der Waals surface area contributed by atoms with Crippen molar-refractivity contribution in [2.24, 2.45) is 0 Å². The molecule has 0 fully saturated rings. The molecule has 4 nitrogen and oxygen atoms in total. The lowest BCUT2D eigenvalue weighted by atomic mass is 10.2. The van der Waals surface area contributed by atoms with Crippen molar-refractivity contribution in [2.45, 2.75) is 6.54 Å². The minimum absolute atomic E-state index is 0.179. The Kier molecular flexibility index (Phi) is 4.57. The van der Waals surface area contributed by atoms with Crippen molar-refractivity contribution in [1.29, 1.82) is 0 Å². The second-order valence-electron chi connectivity index (χ2n) is 5.40. The first-order valence-electron chi connectivity index (χ1n) is 7.42. The van der Waals surface area contributed by atoms with E-state index < -0.39 is 0 Å². The number of carbonyl (C=O) groups is 1. The zero-order valence-corrected chi connectivity index (χ0v) is 13.9. The van der Waals surface area contributed by atoms with E-state index in [4.69, 9.17) is 12.2 Å². The molecule has 0 bridgehead atoms. The Bertz CT molecular complexity index is 917. The molecule has 1 amide bonds. The van der Waals surface area contributed by atoms with Gasteiger partial charge in [0.25, 0.3) is 5.91 Å². The molecule has 1 heterocycles.